The van der Waals surface area contributed by atoms with Gasteiger partial charge < -0.3 is 31.1 Å². The first-order chi connectivity index (χ1) is 12.0. The second kappa shape index (κ2) is 10.9. The van der Waals surface area contributed by atoms with Gasteiger partial charge in [-0.3, -0.25) is 4.79 Å². The average molecular weight is 368 g/mol. The summed E-state index contributed by atoms with van der Waals surface area (Å²) in [5.41, 5.74) is 0.841. The van der Waals surface area contributed by atoms with Crippen LogP contribution >= 0.6 is 0 Å². The lowest BCUT2D eigenvalue weighted by Crippen LogP contribution is -2.38. The van der Waals surface area contributed by atoms with Crippen LogP contribution in [0.5, 0.6) is 5.75 Å². The lowest BCUT2D eigenvalue weighted by Gasteiger charge is -2.23. The second-order valence-corrected chi connectivity index (χ2v) is 6.20. The maximum Gasteiger partial charge on any atom is 0.328 e. The number of rotatable bonds is 7. The molecule has 0 aliphatic heterocycles. The standard InChI is InChI=1S/C13H20N2O3.C4H4O4/c1-13(2,3)15-7-12(18)9-4-5-11(17)10(6-9)14-8-16;5-3(6)1-2-4(7)8/h4-6,8,12,15,17-18H,7H2,1-3H3,(H,14,16);1-2H,(H,5,6)(H,7,8)/b;2-1+. The van der Waals surface area contributed by atoms with Crippen LogP contribution in [0.2, 0.25) is 0 Å². The Hall–Kier alpha value is -2.91. The predicted molar refractivity (Wildman–Crippen MR) is 94.9 cm³/mol. The van der Waals surface area contributed by atoms with Crippen LogP contribution in [0.3, 0.4) is 0 Å². The van der Waals surface area contributed by atoms with Gasteiger partial charge in [0.1, 0.15) is 5.75 Å². The molecule has 1 unspecified atom stereocenters. The zero-order valence-corrected chi connectivity index (χ0v) is 14.8. The number of benzene rings is 1. The number of carboxylic acid groups (broad SMARTS) is 2. The Labute approximate surface area is 151 Å². The van der Waals surface area contributed by atoms with E-state index in [1.807, 2.05) is 20.8 Å². The van der Waals surface area contributed by atoms with Gasteiger partial charge in [0.15, 0.2) is 0 Å². The first-order valence-electron chi connectivity index (χ1n) is 7.56. The highest BCUT2D eigenvalue weighted by molar-refractivity contribution is 5.89. The Morgan fingerprint density at radius 1 is 1.15 bits per heavy atom. The van der Waals surface area contributed by atoms with Crippen molar-refractivity contribution in [1.29, 1.82) is 0 Å². The highest BCUT2D eigenvalue weighted by atomic mass is 16.4. The van der Waals surface area contributed by atoms with Crippen molar-refractivity contribution in [3.63, 3.8) is 0 Å². The van der Waals surface area contributed by atoms with Crippen molar-refractivity contribution in [1.82, 2.24) is 5.32 Å². The summed E-state index contributed by atoms with van der Waals surface area (Å²) in [4.78, 5) is 29.5. The van der Waals surface area contributed by atoms with Gasteiger partial charge in [0.2, 0.25) is 6.41 Å². The van der Waals surface area contributed by atoms with Crippen LogP contribution in [-0.4, -0.2) is 50.9 Å². The number of hydrogen-bond acceptors (Lipinski definition) is 6. The monoisotopic (exact) mass is 368 g/mol. The van der Waals surface area contributed by atoms with E-state index in [1.54, 1.807) is 12.1 Å². The van der Waals surface area contributed by atoms with Crippen LogP contribution in [0.15, 0.2) is 30.4 Å². The summed E-state index contributed by atoms with van der Waals surface area (Å²) in [5.74, 6) is -2.54. The summed E-state index contributed by atoms with van der Waals surface area (Å²) in [6, 6.07) is 4.63. The van der Waals surface area contributed by atoms with Gasteiger partial charge in [-0.15, -0.1) is 0 Å². The molecule has 1 rings (SSSR count). The van der Waals surface area contributed by atoms with Gasteiger partial charge in [0.05, 0.1) is 11.8 Å². The van der Waals surface area contributed by atoms with E-state index in [-0.39, 0.29) is 17.0 Å². The molecular formula is C17H24N2O7. The van der Waals surface area contributed by atoms with Crippen molar-refractivity contribution in [3.05, 3.63) is 35.9 Å². The number of carboxylic acids is 2. The quantitative estimate of drug-likeness (QED) is 0.237. The molecule has 0 aliphatic carbocycles. The molecule has 0 radical (unpaired) electrons. The summed E-state index contributed by atoms with van der Waals surface area (Å²) in [6.45, 7) is 6.43. The van der Waals surface area contributed by atoms with E-state index in [9.17, 15) is 24.6 Å². The van der Waals surface area contributed by atoms with Gasteiger partial charge in [-0.2, -0.15) is 0 Å². The Balaban J connectivity index is 0.000000660. The van der Waals surface area contributed by atoms with Crippen LogP contribution in [0.4, 0.5) is 5.69 Å². The fourth-order valence-electron chi connectivity index (χ4n) is 1.60. The van der Waals surface area contributed by atoms with Gasteiger partial charge in [0, 0.05) is 24.2 Å². The van der Waals surface area contributed by atoms with E-state index < -0.39 is 18.0 Å². The number of anilines is 1. The third kappa shape index (κ3) is 10.8. The first-order valence-corrected chi connectivity index (χ1v) is 7.56. The van der Waals surface area contributed by atoms with Crippen molar-refractivity contribution < 1.29 is 34.8 Å². The zero-order chi connectivity index (χ0) is 20.3. The molecule has 0 spiro atoms. The molecule has 0 heterocycles. The number of phenols is 1. The second-order valence-electron chi connectivity index (χ2n) is 6.20. The number of phenolic OH excluding ortho intramolecular Hbond substituents is 1. The fraction of sp³-hybridized carbons (Fsp3) is 0.353. The Bertz CT molecular complexity index is 635. The van der Waals surface area contributed by atoms with Gasteiger partial charge in [-0.05, 0) is 38.5 Å². The molecule has 0 saturated carbocycles. The molecule has 0 aromatic heterocycles. The highest BCUT2D eigenvalue weighted by Gasteiger charge is 2.14. The van der Waals surface area contributed by atoms with Crippen molar-refractivity contribution in [2.45, 2.75) is 32.4 Å². The van der Waals surface area contributed by atoms with E-state index in [0.717, 1.165) is 0 Å². The molecule has 1 aromatic carbocycles. The minimum Gasteiger partial charge on any atom is -0.506 e. The Kier molecular flexibility index (Phi) is 9.64. The van der Waals surface area contributed by atoms with Gasteiger partial charge in [-0.25, -0.2) is 9.59 Å². The molecule has 0 bridgehead atoms. The molecule has 0 aliphatic rings. The minimum absolute atomic E-state index is 0.0261. The number of aromatic hydroxyl groups is 1. The maximum atomic E-state index is 10.4. The third-order valence-corrected chi connectivity index (χ3v) is 2.81. The lowest BCUT2D eigenvalue weighted by molar-refractivity contribution is -0.134. The number of aliphatic hydroxyl groups excluding tert-OH is 1. The van der Waals surface area contributed by atoms with Crippen LogP contribution in [0.25, 0.3) is 0 Å². The average Bonchev–Trinajstić information content (AvgIpc) is 2.53. The molecule has 0 fully saturated rings. The summed E-state index contributed by atoms with van der Waals surface area (Å²) < 4.78 is 0. The topological polar surface area (TPSA) is 156 Å². The van der Waals surface area contributed by atoms with E-state index in [4.69, 9.17) is 10.2 Å². The number of nitrogens with one attached hydrogen (secondary N) is 2. The first kappa shape index (κ1) is 23.1. The van der Waals surface area contributed by atoms with Crippen LogP contribution in [0, 0.1) is 0 Å². The van der Waals surface area contributed by atoms with Crippen molar-refractivity contribution >= 4 is 24.0 Å². The normalized spacial score (nSPS) is 12.0. The molecule has 0 saturated heterocycles. The number of hydrogen-bond donors (Lipinski definition) is 6. The van der Waals surface area contributed by atoms with E-state index in [0.29, 0.717) is 30.7 Å². The van der Waals surface area contributed by atoms with Crippen LogP contribution < -0.4 is 10.6 Å². The summed E-state index contributed by atoms with van der Waals surface area (Å²) in [6.07, 6.45) is 0.903. The Morgan fingerprint density at radius 2 is 1.69 bits per heavy atom. The third-order valence-electron chi connectivity index (χ3n) is 2.81. The van der Waals surface area contributed by atoms with Crippen LogP contribution in [0.1, 0.15) is 32.4 Å². The molecule has 6 N–H and O–H groups in total. The van der Waals surface area contributed by atoms with Gasteiger partial charge >= 0.3 is 11.9 Å². The SMILES string of the molecule is CC(C)(C)NCC(O)c1ccc(O)c(NC=O)c1.O=C(O)/C=C/C(=O)O. The summed E-state index contributed by atoms with van der Waals surface area (Å²) >= 11 is 0. The number of carbonyl (C=O) groups is 3. The molecule has 1 aromatic rings. The molecule has 1 atom stereocenters. The molecule has 144 valence electrons. The highest BCUT2D eigenvalue weighted by Crippen LogP contribution is 2.26. The molecule has 9 heteroatoms. The summed E-state index contributed by atoms with van der Waals surface area (Å²) in [5, 5.41) is 40.7. The number of aliphatic hydroxyl groups is 1. The molecule has 26 heavy (non-hydrogen) atoms. The summed E-state index contributed by atoms with van der Waals surface area (Å²) in [7, 11) is 0. The van der Waals surface area contributed by atoms with Crippen molar-refractivity contribution in [3.8, 4) is 5.75 Å². The minimum atomic E-state index is -1.26. The number of aliphatic carboxylic acids is 2. The fourth-order valence-corrected chi connectivity index (χ4v) is 1.60. The van der Waals surface area contributed by atoms with Gasteiger partial charge in [0.25, 0.3) is 0 Å². The maximum absolute atomic E-state index is 10.4. The number of carbonyl (C=O) groups excluding carboxylic acids is 1. The lowest BCUT2D eigenvalue weighted by atomic mass is 10.1. The Morgan fingerprint density at radius 3 is 2.12 bits per heavy atom. The van der Waals surface area contributed by atoms with Gasteiger partial charge in [-0.1, -0.05) is 6.07 Å². The zero-order valence-electron chi connectivity index (χ0n) is 14.8. The number of amides is 1. The predicted octanol–water partition coefficient (Wildman–Crippen LogP) is 1.09. The molecule has 9 nitrogen and oxygen atoms in total. The van der Waals surface area contributed by atoms with E-state index in [2.05, 4.69) is 10.6 Å². The van der Waals surface area contributed by atoms with Crippen molar-refractivity contribution in [2.24, 2.45) is 0 Å². The smallest absolute Gasteiger partial charge is 0.328 e. The molecular weight excluding hydrogens is 344 g/mol. The number of β-amino-alcohol motifs (C(OH)–C–C–N with tert-alkyl or cyclic N) is 1. The van der Waals surface area contributed by atoms with E-state index in [1.165, 1.54) is 6.07 Å². The van der Waals surface area contributed by atoms with E-state index >= 15 is 0 Å². The van der Waals surface area contributed by atoms with Crippen LogP contribution in [-0.2, 0) is 14.4 Å². The molecule has 1 amide bonds. The van der Waals surface area contributed by atoms with Crippen molar-refractivity contribution in [2.75, 3.05) is 11.9 Å². The largest absolute Gasteiger partial charge is 0.506 e.